The van der Waals surface area contributed by atoms with Crippen molar-refractivity contribution in [1.29, 1.82) is 0 Å². The normalized spacial score (nSPS) is 19.5. The maximum absolute atomic E-state index is 13.5. The Morgan fingerprint density at radius 1 is 1.36 bits per heavy atom. The number of hydrogen-bond donors (Lipinski definition) is 3. The summed E-state index contributed by atoms with van der Waals surface area (Å²) >= 11 is 0. The van der Waals surface area contributed by atoms with Crippen molar-refractivity contribution in [2.75, 3.05) is 11.9 Å². The molecular formula is C17H16F4N4O3. The lowest BCUT2D eigenvalue weighted by atomic mass is 9.94. The Morgan fingerprint density at radius 2 is 2.07 bits per heavy atom. The van der Waals surface area contributed by atoms with Gasteiger partial charge >= 0.3 is 6.30 Å². The van der Waals surface area contributed by atoms with Crippen LogP contribution in [-0.2, 0) is 15.9 Å². The third-order valence-electron chi connectivity index (χ3n) is 4.50. The molecule has 1 aromatic heterocycles. The Balaban J connectivity index is 1.85. The molecule has 3 rings (SSSR count). The molecule has 1 fully saturated rings. The fraction of sp³-hybridized carbons (Fsp3) is 0.353. The van der Waals surface area contributed by atoms with Crippen molar-refractivity contribution in [2.45, 2.75) is 19.6 Å². The van der Waals surface area contributed by atoms with Crippen LogP contribution in [0.1, 0.15) is 13.3 Å². The number of halogens is 4. The van der Waals surface area contributed by atoms with E-state index in [2.05, 4.69) is 15.7 Å². The summed E-state index contributed by atoms with van der Waals surface area (Å²) in [6.07, 6.45) is -5.01. The van der Waals surface area contributed by atoms with Gasteiger partial charge in [0.2, 0.25) is 11.8 Å². The second-order valence-corrected chi connectivity index (χ2v) is 6.54. The van der Waals surface area contributed by atoms with E-state index in [0.29, 0.717) is 6.54 Å². The summed E-state index contributed by atoms with van der Waals surface area (Å²) in [5.74, 6) is -3.32. The number of amides is 2. The number of nitrogens with one attached hydrogen (secondary N) is 2. The van der Waals surface area contributed by atoms with Crippen LogP contribution < -0.4 is 10.6 Å². The van der Waals surface area contributed by atoms with Crippen molar-refractivity contribution >= 4 is 17.6 Å². The van der Waals surface area contributed by atoms with Crippen LogP contribution in [0.3, 0.4) is 0 Å². The molecule has 0 saturated carbocycles. The molecule has 0 spiro atoms. The van der Waals surface area contributed by atoms with Crippen molar-refractivity contribution < 1.29 is 32.3 Å². The van der Waals surface area contributed by atoms with E-state index in [9.17, 15) is 32.3 Å². The minimum atomic E-state index is -4.93. The molecule has 1 aromatic carbocycles. The number of hydrogen-bond acceptors (Lipinski definition) is 4. The van der Waals surface area contributed by atoms with E-state index < -0.39 is 29.5 Å². The van der Waals surface area contributed by atoms with Crippen molar-refractivity contribution in [2.24, 2.45) is 11.8 Å². The maximum atomic E-state index is 13.5. The number of rotatable bonds is 4. The first-order valence-corrected chi connectivity index (χ1v) is 8.29. The fourth-order valence-corrected chi connectivity index (χ4v) is 3.03. The predicted molar refractivity (Wildman–Crippen MR) is 89.5 cm³/mol. The van der Waals surface area contributed by atoms with Gasteiger partial charge in [0, 0.05) is 36.6 Å². The molecule has 0 radical (unpaired) electrons. The summed E-state index contributed by atoms with van der Waals surface area (Å²) < 4.78 is 53.0. The van der Waals surface area contributed by atoms with Crippen LogP contribution in [0.25, 0.3) is 11.3 Å². The second-order valence-electron chi connectivity index (χ2n) is 6.54. The van der Waals surface area contributed by atoms with E-state index in [1.165, 1.54) is 0 Å². The van der Waals surface area contributed by atoms with Gasteiger partial charge in [-0.15, -0.1) is 18.3 Å². The molecule has 28 heavy (non-hydrogen) atoms. The zero-order valence-corrected chi connectivity index (χ0v) is 14.5. The third-order valence-corrected chi connectivity index (χ3v) is 4.50. The first kappa shape index (κ1) is 19.6. The van der Waals surface area contributed by atoms with Crippen LogP contribution in [0.5, 0.6) is 5.75 Å². The number of phenols is 1. The molecule has 0 unspecified atom stereocenters. The van der Waals surface area contributed by atoms with Gasteiger partial charge in [-0.2, -0.15) is 4.68 Å². The molecule has 1 aliphatic rings. The van der Waals surface area contributed by atoms with Gasteiger partial charge in [-0.3, -0.25) is 9.59 Å². The number of alkyl halides is 3. The topological polar surface area (TPSA) is 96.3 Å². The standard InChI is InChI=1S/C17H16F4N4O3/c1-8-10(7-22-16(8)28)4-15(27)23-14-6-13(25(24-14)17(19,20)21)9-2-11(18)5-12(26)3-9/h2-3,5-6,8,10,26H,4,7H2,1H3,(H,22,28)(H,23,24,27)/t8-,10+/m1/s1. The molecule has 0 aliphatic carbocycles. The van der Waals surface area contributed by atoms with E-state index in [1.807, 2.05) is 0 Å². The highest BCUT2D eigenvalue weighted by Crippen LogP contribution is 2.33. The Kier molecular flexibility index (Phi) is 5.01. The number of anilines is 1. The number of carbonyl (C=O) groups is 2. The van der Waals surface area contributed by atoms with Gasteiger partial charge in [-0.1, -0.05) is 6.92 Å². The highest BCUT2D eigenvalue weighted by atomic mass is 19.4. The first-order valence-electron chi connectivity index (χ1n) is 8.29. The van der Waals surface area contributed by atoms with Gasteiger partial charge in [-0.25, -0.2) is 4.39 Å². The van der Waals surface area contributed by atoms with Crippen LogP contribution in [0.15, 0.2) is 24.3 Å². The minimum Gasteiger partial charge on any atom is -0.508 e. The summed E-state index contributed by atoms with van der Waals surface area (Å²) in [4.78, 5) is 23.6. The van der Waals surface area contributed by atoms with Crippen molar-refractivity contribution in [3.8, 4) is 17.0 Å². The summed E-state index contributed by atoms with van der Waals surface area (Å²) in [7, 11) is 0. The molecule has 150 valence electrons. The van der Waals surface area contributed by atoms with Gasteiger partial charge in [0.15, 0.2) is 5.82 Å². The molecule has 1 aliphatic heterocycles. The minimum absolute atomic E-state index is 0.0745. The lowest BCUT2D eigenvalue weighted by Crippen LogP contribution is -2.22. The predicted octanol–water partition coefficient (Wildman–Crippen LogP) is 2.58. The van der Waals surface area contributed by atoms with Crippen LogP contribution >= 0.6 is 0 Å². The molecule has 11 heteroatoms. The zero-order valence-electron chi connectivity index (χ0n) is 14.5. The zero-order chi connectivity index (χ0) is 20.6. The Hall–Kier alpha value is -3.11. The van der Waals surface area contributed by atoms with Crippen LogP contribution in [0, 0.1) is 17.7 Å². The summed E-state index contributed by atoms with van der Waals surface area (Å²) in [5, 5.41) is 17.7. The smallest absolute Gasteiger partial charge is 0.505 e. The molecule has 7 nitrogen and oxygen atoms in total. The van der Waals surface area contributed by atoms with Gasteiger partial charge in [0.25, 0.3) is 0 Å². The average Bonchev–Trinajstić information content (AvgIpc) is 3.13. The number of benzene rings is 1. The summed E-state index contributed by atoms with van der Waals surface area (Å²) in [6.45, 7) is 1.96. The molecule has 1 saturated heterocycles. The third kappa shape index (κ3) is 4.07. The average molecular weight is 400 g/mol. The monoisotopic (exact) mass is 400 g/mol. The number of aromatic nitrogens is 2. The van der Waals surface area contributed by atoms with Crippen LogP contribution in [0.4, 0.5) is 23.4 Å². The lowest BCUT2D eigenvalue weighted by molar-refractivity contribution is -0.210. The Morgan fingerprint density at radius 3 is 2.64 bits per heavy atom. The lowest BCUT2D eigenvalue weighted by Gasteiger charge is -2.11. The van der Waals surface area contributed by atoms with E-state index in [1.54, 1.807) is 6.92 Å². The van der Waals surface area contributed by atoms with E-state index in [0.717, 1.165) is 24.3 Å². The highest BCUT2D eigenvalue weighted by molar-refractivity contribution is 5.91. The molecule has 2 amide bonds. The number of nitrogens with zero attached hydrogens (tertiary/aromatic N) is 2. The SMILES string of the molecule is C[C@H]1C(=O)NC[C@@H]1CC(=O)Nc1cc(-c2cc(O)cc(F)c2)n(C(F)(F)F)n1. The van der Waals surface area contributed by atoms with Crippen LogP contribution in [-0.4, -0.2) is 33.2 Å². The molecule has 2 atom stereocenters. The molecule has 2 heterocycles. The molecule has 3 N–H and O–H groups in total. The van der Waals surface area contributed by atoms with Gasteiger partial charge in [0.1, 0.15) is 11.6 Å². The first-order chi connectivity index (χ1) is 13.0. The Bertz CT molecular complexity index is 905. The molecular weight excluding hydrogens is 384 g/mol. The van der Waals surface area contributed by atoms with Gasteiger partial charge in [0.05, 0.1) is 5.69 Å². The highest BCUT2D eigenvalue weighted by Gasteiger charge is 2.36. The second kappa shape index (κ2) is 7.13. The van der Waals surface area contributed by atoms with Crippen molar-refractivity contribution in [1.82, 2.24) is 15.1 Å². The van der Waals surface area contributed by atoms with E-state index in [-0.39, 0.29) is 40.2 Å². The molecule has 0 bridgehead atoms. The largest absolute Gasteiger partial charge is 0.508 e. The fourth-order valence-electron chi connectivity index (χ4n) is 3.03. The van der Waals surface area contributed by atoms with E-state index in [4.69, 9.17) is 0 Å². The van der Waals surface area contributed by atoms with Crippen LogP contribution in [0.2, 0.25) is 0 Å². The van der Waals surface area contributed by atoms with E-state index >= 15 is 0 Å². The van der Waals surface area contributed by atoms with Crippen molar-refractivity contribution in [3.05, 3.63) is 30.1 Å². The van der Waals surface area contributed by atoms with Crippen molar-refractivity contribution in [3.63, 3.8) is 0 Å². The summed E-state index contributed by atoms with van der Waals surface area (Å²) in [6, 6.07) is 3.44. The van der Waals surface area contributed by atoms with Gasteiger partial charge < -0.3 is 15.7 Å². The maximum Gasteiger partial charge on any atom is 0.505 e. The Labute approximate surface area is 156 Å². The quantitative estimate of drug-likeness (QED) is 0.688. The summed E-state index contributed by atoms with van der Waals surface area (Å²) in [5.41, 5.74) is -0.814. The number of aromatic hydroxyl groups is 1. The molecule has 2 aromatic rings. The number of carbonyl (C=O) groups excluding carboxylic acids is 2. The number of phenolic OH excluding ortho intramolecular Hbond substituents is 1. The van der Waals surface area contributed by atoms with Gasteiger partial charge in [-0.05, 0) is 18.1 Å².